The molecule has 2 aromatic rings. The number of carboxylic acid groups (broad SMARTS) is 1. The molecule has 19 heavy (non-hydrogen) atoms. The first-order chi connectivity index (χ1) is 9.02. The molecular weight excluding hydrogens is 312 g/mol. The number of rotatable bonds is 4. The summed E-state index contributed by atoms with van der Waals surface area (Å²) in [5.74, 6) is 0.596. The summed E-state index contributed by atoms with van der Waals surface area (Å²) in [5, 5.41) is 8.89. The van der Waals surface area contributed by atoms with Crippen LogP contribution in [0.3, 0.4) is 0 Å². The fraction of sp³-hybridized carbons (Fsp3) is 0.231. The molecule has 0 fully saturated rings. The third-order valence-corrected chi connectivity index (χ3v) is 3.47. The monoisotopic (exact) mass is 324 g/mol. The number of hydrogen-bond acceptors (Lipinski definition) is 3. The van der Waals surface area contributed by atoms with Gasteiger partial charge in [0.25, 0.3) is 0 Å². The van der Waals surface area contributed by atoms with E-state index in [9.17, 15) is 4.79 Å². The molecule has 5 nitrogen and oxygen atoms in total. The van der Waals surface area contributed by atoms with E-state index in [1.54, 1.807) is 18.7 Å². The van der Waals surface area contributed by atoms with E-state index in [1.165, 1.54) is 0 Å². The van der Waals surface area contributed by atoms with Crippen molar-refractivity contribution in [2.24, 2.45) is 7.05 Å². The van der Waals surface area contributed by atoms with E-state index in [0.29, 0.717) is 16.1 Å². The molecule has 1 heterocycles. The molecule has 0 aliphatic rings. The number of halogens is 1. The van der Waals surface area contributed by atoms with E-state index in [1.807, 2.05) is 24.3 Å². The first-order valence-electron chi connectivity index (χ1n) is 5.60. The molecule has 0 atom stereocenters. The van der Waals surface area contributed by atoms with Gasteiger partial charge in [-0.05, 0) is 40.2 Å². The second-order valence-corrected chi connectivity index (χ2v) is 4.78. The summed E-state index contributed by atoms with van der Waals surface area (Å²) in [6, 6.07) is 7.46. The van der Waals surface area contributed by atoms with Crippen molar-refractivity contribution in [1.82, 2.24) is 9.55 Å². The zero-order valence-corrected chi connectivity index (χ0v) is 12.1. The van der Waals surface area contributed by atoms with Crippen LogP contribution in [0.4, 0.5) is 0 Å². The number of benzene rings is 1. The van der Waals surface area contributed by atoms with Crippen LogP contribution in [0, 0.1) is 0 Å². The number of carboxylic acids is 1. The third-order valence-electron chi connectivity index (χ3n) is 2.83. The number of methoxy groups -OCH3 is 1. The van der Waals surface area contributed by atoms with Gasteiger partial charge in [0, 0.05) is 12.6 Å². The largest absolute Gasteiger partial charge is 0.497 e. The van der Waals surface area contributed by atoms with Gasteiger partial charge in [0.05, 0.1) is 19.2 Å². The lowest BCUT2D eigenvalue weighted by Gasteiger charge is -2.05. The third kappa shape index (κ3) is 2.78. The topological polar surface area (TPSA) is 64.3 Å². The summed E-state index contributed by atoms with van der Waals surface area (Å²) in [6.45, 7) is 0. The molecule has 100 valence electrons. The summed E-state index contributed by atoms with van der Waals surface area (Å²) < 4.78 is 7.44. The number of nitrogens with zero attached hydrogens (tertiary/aromatic N) is 2. The van der Waals surface area contributed by atoms with Crippen LogP contribution in [-0.4, -0.2) is 27.7 Å². The van der Waals surface area contributed by atoms with E-state index < -0.39 is 5.97 Å². The first kappa shape index (κ1) is 13.6. The normalized spacial score (nSPS) is 10.5. The number of aliphatic carboxylic acids is 1. The van der Waals surface area contributed by atoms with Gasteiger partial charge in [0.1, 0.15) is 16.2 Å². The fourth-order valence-electron chi connectivity index (χ4n) is 1.83. The van der Waals surface area contributed by atoms with Crippen LogP contribution in [0.5, 0.6) is 5.75 Å². The van der Waals surface area contributed by atoms with Gasteiger partial charge in [-0.3, -0.25) is 4.79 Å². The lowest BCUT2D eigenvalue weighted by Crippen LogP contribution is -2.06. The average Bonchev–Trinajstić information content (AvgIpc) is 2.66. The predicted octanol–water partition coefficient (Wildman–Crippen LogP) is 2.49. The zero-order valence-electron chi connectivity index (χ0n) is 10.6. The standard InChI is InChI=1S/C13H13BrN2O3/c1-16-10(7-11(17)18)12(14)15-13(16)8-3-5-9(19-2)6-4-8/h3-6H,7H2,1-2H3,(H,17,18). The van der Waals surface area contributed by atoms with Crippen LogP contribution in [0.2, 0.25) is 0 Å². The van der Waals surface area contributed by atoms with Gasteiger partial charge in [-0.25, -0.2) is 4.98 Å². The number of imidazole rings is 1. The van der Waals surface area contributed by atoms with Crippen LogP contribution in [0.1, 0.15) is 5.69 Å². The van der Waals surface area contributed by atoms with Crippen LogP contribution < -0.4 is 4.74 Å². The molecule has 1 aromatic carbocycles. The molecular formula is C13H13BrN2O3. The van der Waals surface area contributed by atoms with Crippen molar-refractivity contribution < 1.29 is 14.6 Å². The Hall–Kier alpha value is -1.82. The lowest BCUT2D eigenvalue weighted by atomic mass is 10.2. The predicted molar refractivity (Wildman–Crippen MR) is 74.2 cm³/mol. The minimum absolute atomic E-state index is 0.0692. The summed E-state index contributed by atoms with van der Waals surface area (Å²) in [4.78, 5) is 15.2. The van der Waals surface area contributed by atoms with Gasteiger partial charge in [-0.15, -0.1) is 0 Å². The zero-order chi connectivity index (χ0) is 14.0. The van der Waals surface area contributed by atoms with E-state index in [2.05, 4.69) is 20.9 Å². The molecule has 0 unspecified atom stereocenters. The van der Waals surface area contributed by atoms with E-state index >= 15 is 0 Å². The molecule has 0 aliphatic heterocycles. The van der Waals surface area contributed by atoms with Gasteiger partial charge >= 0.3 is 5.97 Å². The van der Waals surface area contributed by atoms with Gasteiger partial charge < -0.3 is 14.4 Å². The van der Waals surface area contributed by atoms with Gasteiger partial charge in [0.15, 0.2) is 0 Å². The number of carbonyl (C=O) groups is 1. The smallest absolute Gasteiger partial charge is 0.309 e. The number of aromatic nitrogens is 2. The molecule has 0 bridgehead atoms. The fourth-order valence-corrected chi connectivity index (χ4v) is 2.41. The molecule has 0 saturated carbocycles. The second-order valence-electron chi connectivity index (χ2n) is 4.03. The van der Waals surface area contributed by atoms with Crippen LogP contribution in [0.25, 0.3) is 11.4 Å². The van der Waals surface area contributed by atoms with E-state index in [-0.39, 0.29) is 6.42 Å². The van der Waals surface area contributed by atoms with Gasteiger partial charge in [-0.1, -0.05) is 0 Å². The summed E-state index contributed by atoms with van der Waals surface area (Å²) in [6.07, 6.45) is -0.0692. The Balaban J connectivity index is 2.42. The second kappa shape index (κ2) is 5.44. The first-order valence-corrected chi connectivity index (χ1v) is 6.39. The molecule has 1 aromatic heterocycles. The molecule has 2 rings (SSSR count). The van der Waals surface area contributed by atoms with Gasteiger partial charge in [0.2, 0.25) is 0 Å². The molecule has 6 heteroatoms. The minimum Gasteiger partial charge on any atom is -0.497 e. The van der Waals surface area contributed by atoms with Crippen molar-refractivity contribution >= 4 is 21.9 Å². The van der Waals surface area contributed by atoms with Crippen molar-refractivity contribution in [3.05, 3.63) is 34.6 Å². The Kier molecular flexibility index (Phi) is 3.90. The molecule has 1 N–H and O–H groups in total. The van der Waals surface area contributed by atoms with Crippen molar-refractivity contribution in [3.63, 3.8) is 0 Å². The van der Waals surface area contributed by atoms with Crippen molar-refractivity contribution in [2.45, 2.75) is 6.42 Å². The van der Waals surface area contributed by atoms with E-state index in [0.717, 1.165) is 11.3 Å². The van der Waals surface area contributed by atoms with Gasteiger partial charge in [-0.2, -0.15) is 0 Å². The maximum Gasteiger partial charge on any atom is 0.309 e. The maximum absolute atomic E-state index is 10.8. The number of ether oxygens (including phenoxy) is 1. The summed E-state index contributed by atoms with van der Waals surface area (Å²) in [5.41, 5.74) is 1.54. The Bertz CT molecular complexity index is 605. The highest BCUT2D eigenvalue weighted by Crippen LogP contribution is 2.26. The van der Waals surface area contributed by atoms with Crippen molar-refractivity contribution in [3.8, 4) is 17.1 Å². The van der Waals surface area contributed by atoms with Crippen LogP contribution in [-0.2, 0) is 18.3 Å². The number of hydrogen-bond donors (Lipinski definition) is 1. The molecule has 0 saturated heterocycles. The van der Waals surface area contributed by atoms with Crippen LogP contribution >= 0.6 is 15.9 Å². The Morgan fingerprint density at radius 3 is 2.58 bits per heavy atom. The Morgan fingerprint density at radius 2 is 2.05 bits per heavy atom. The Morgan fingerprint density at radius 1 is 1.42 bits per heavy atom. The summed E-state index contributed by atoms with van der Waals surface area (Å²) in [7, 11) is 3.41. The maximum atomic E-state index is 10.8. The minimum atomic E-state index is -0.884. The SMILES string of the molecule is COc1ccc(-c2nc(Br)c(CC(=O)O)n2C)cc1. The highest BCUT2D eigenvalue weighted by atomic mass is 79.9. The van der Waals surface area contributed by atoms with E-state index in [4.69, 9.17) is 9.84 Å². The van der Waals surface area contributed by atoms with Crippen molar-refractivity contribution in [2.75, 3.05) is 7.11 Å². The summed E-state index contributed by atoms with van der Waals surface area (Å²) >= 11 is 3.30. The molecule has 0 radical (unpaired) electrons. The lowest BCUT2D eigenvalue weighted by molar-refractivity contribution is -0.136. The van der Waals surface area contributed by atoms with Crippen molar-refractivity contribution in [1.29, 1.82) is 0 Å². The average molecular weight is 325 g/mol. The van der Waals surface area contributed by atoms with Crippen LogP contribution in [0.15, 0.2) is 28.9 Å². The highest BCUT2D eigenvalue weighted by molar-refractivity contribution is 9.10. The highest BCUT2D eigenvalue weighted by Gasteiger charge is 2.16. The molecule has 0 amide bonds. The quantitative estimate of drug-likeness (QED) is 0.938. The Labute approximate surface area is 119 Å². The molecule has 0 spiro atoms. The molecule has 0 aliphatic carbocycles.